The molecule has 4 rings (SSSR count). The van der Waals surface area contributed by atoms with Gasteiger partial charge >= 0.3 is 0 Å². The monoisotopic (exact) mass is 410 g/mol. The maximum Gasteiger partial charge on any atom is 0.291 e. The second kappa shape index (κ2) is 7.71. The number of carbonyl (C=O) groups excluding carboxylic acids is 2. The summed E-state index contributed by atoms with van der Waals surface area (Å²) >= 11 is 1.59. The normalized spacial score (nSPS) is 14.0. The number of amides is 2. The van der Waals surface area contributed by atoms with Crippen LogP contribution in [0.5, 0.6) is 5.75 Å². The first-order valence-electron chi connectivity index (χ1n) is 9.36. The summed E-state index contributed by atoms with van der Waals surface area (Å²) in [5, 5.41) is 10.7. The summed E-state index contributed by atoms with van der Waals surface area (Å²) in [7, 11) is 1.62. The summed E-state index contributed by atoms with van der Waals surface area (Å²) in [6.45, 7) is 4.08. The van der Waals surface area contributed by atoms with Crippen molar-refractivity contribution in [2.45, 2.75) is 26.4 Å². The molecule has 0 saturated carbocycles. The minimum atomic E-state index is -0.282. The van der Waals surface area contributed by atoms with Gasteiger partial charge in [-0.15, -0.1) is 11.3 Å². The molecule has 0 aliphatic carbocycles. The molecule has 1 aromatic carbocycles. The van der Waals surface area contributed by atoms with Crippen LogP contribution in [-0.2, 0) is 11.3 Å². The molecule has 1 aliphatic heterocycles. The number of benzene rings is 1. The smallest absolute Gasteiger partial charge is 0.291 e. The van der Waals surface area contributed by atoms with Crippen LogP contribution < -0.4 is 10.1 Å². The molecule has 150 valence electrons. The molecule has 0 unspecified atom stereocenters. The Hall–Kier alpha value is -3.13. The average molecular weight is 410 g/mol. The van der Waals surface area contributed by atoms with Crippen LogP contribution in [0.1, 0.15) is 29.9 Å². The summed E-state index contributed by atoms with van der Waals surface area (Å²) in [5.41, 5.74) is 3.11. The standard InChI is InChI=1S/C21H22N4O3S/c1-13(2)22-20(26)12-25-21(27)18-10-19-17(8-9-29-19)24(18)11-16(23-25)14-4-6-15(28-3)7-5-14/h4-10,13H,11-12H2,1-3H3,(H,22,26). The van der Waals surface area contributed by atoms with Gasteiger partial charge in [-0.25, -0.2) is 5.01 Å². The second-order valence-electron chi connectivity index (χ2n) is 7.15. The Labute approximate surface area is 172 Å². The van der Waals surface area contributed by atoms with Gasteiger partial charge in [0.25, 0.3) is 5.91 Å². The zero-order chi connectivity index (χ0) is 20.5. The topological polar surface area (TPSA) is 75.9 Å². The van der Waals surface area contributed by atoms with Crippen LogP contribution in [0.25, 0.3) is 10.2 Å². The molecule has 0 bridgehead atoms. The van der Waals surface area contributed by atoms with Crippen LogP contribution in [0.15, 0.2) is 46.9 Å². The van der Waals surface area contributed by atoms with Crippen LogP contribution >= 0.6 is 11.3 Å². The first-order chi connectivity index (χ1) is 14.0. The lowest BCUT2D eigenvalue weighted by Gasteiger charge is -2.17. The Morgan fingerprint density at radius 3 is 2.72 bits per heavy atom. The highest BCUT2D eigenvalue weighted by Gasteiger charge is 2.28. The summed E-state index contributed by atoms with van der Waals surface area (Å²) in [6.07, 6.45) is 0. The van der Waals surface area contributed by atoms with Gasteiger partial charge in [0.05, 0.1) is 29.6 Å². The van der Waals surface area contributed by atoms with Crippen LogP contribution in [0.2, 0.25) is 0 Å². The number of aromatic nitrogens is 1. The average Bonchev–Trinajstić information content (AvgIpc) is 3.25. The van der Waals surface area contributed by atoms with E-state index in [2.05, 4.69) is 10.4 Å². The molecule has 3 aromatic rings. The zero-order valence-electron chi connectivity index (χ0n) is 16.5. The highest BCUT2D eigenvalue weighted by Crippen LogP contribution is 2.28. The first-order valence-corrected chi connectivity index (χ1v) is 10.2. The Morgan fingerprint density at radius 2 is 2.03 bits per heavy atom. The Kier molecular flexibility index (Phi) is 5.10. The molecule has 1 N–H and O–H groups in total. The number of carbonyl (C=O) groups is 2. The molecular formula is C21H22N4O3S. The van der Waals surface area contributed by atoms with E-state index < -0.39 is 0 Å². The Morgan fingerprint density at radius 1 is 1.28 bits per heavy atom. The predicted molar refractivity (Wildman–Crippen MR) is 114 cm³/mol. The predicted octanol–water partition coefficient (Wildman–Crippen LogP) is 3.10. The molecule has 0 radical (unpaired) electrons. The van der Waals surface area contributed by atoms with Crippen molar-refractivity contribution >= 4 is 39.1 Å². The lowest BCUT2D eigenvalue weighted by Crippen LogP contribution is -2.40. The Bertz CT molecular complexity index is 1100. The fraction of sp³-hybridized carbons (Fsp3) is 0.286. The van der Waals surface area contributed by atoms with E-state index in [9.17, 15) is 9.59 Å². The number of hydrogen-bond donors (Lipinski definition) is 1. The van der Waals surface area contributed by atoms with Gasteiger partial charge in [-0.05, 0) is 61.2 Å². The van der Waals surface area contributed by atoms with E-state index in [1.807, 2.05) is 60.2 Å². The lowest BCUT2D eigenvalue weighted by atomic mass is 10.1. The summed E-state index contributed by atoms with van der Waals surface area (Å²) in [4.78, 5) is 25.6. The van der Waals surface area contributed by atoms with E-state index in [0.717, 1.165) is 21.5 Å². The van der Waals surface area contributed by atoms with E-state index in [1.165, 1.54) is 5.01 Å². The van der Waals surface area contributed by atoms with Gasteiger partial charge in [-0.2, -0.15) is 5.10 Å². The number of fused-ring (bicyclic) bond motifs is 3. The van der Waals surface area contributed by atoms with Gasteiger partial charge in [0.1, 0.15) is 18.0 Å². The molecule has 3 heterocycles. The highest BCUT2D eigenvalue weighted by atomic mass is 32.1. The largest absolute Gasteiger partial charge is 0.497 e. The van der Waals surface area contributed by atoms with E-state index in [0.29, 0.717) is 18.0 Å². The number of hydrogen-bond acceptors (Lipinski definition) is 5. The van der Waals surface area contributed by atoms with Crippen molar-refractivity contribution in [3.05, 3.63) is 53.0 Å². The van der Waals surface area contributed by atoms with Crippen molar-refractivity contribution in [3.63, 3.8) is 0 Å². The molecule has 2 amide bonds. The Balaban J connectivity index is 1.77. The SMILES string of the molecule is COc1ccc(C2=NN(CC(=O)NC(C)C)C(=O)c3cc4sccc4n3C2)cc1. The van der Waals surface area contributed by atoms with Crippen LogP contribution in [0, 0.1) is 0 Å². The molecule has 1 aliphatic rings. The summed E-state index contributed by atoms with van der Waals surface area (Å²) in [6, 6.07) is 11.4. The molecule has 0 fully saturated rings. The van der Waals surface area contributed by atoms with Crippen LogP contribution in [0.3, 0.4) is 0 Å². The number of ether oxygens (including phenoxy) is 1. The highest BCUT2D eigenvalue weighted by molar-refractivity contribution is 7.17. The van der Waals surface area contributed by atoms with Gasteiger partial charge in [0, 0.05) is 6.04 Å². The van der Waals surface area contributed by atoms with E-state index >= 15 is 0 Å². The van der Waals surface area contributed by atoms with Crippen molar-refractivity contribution in [2.24, 2.45) is 5.10 Å². The van der Waals surface area contributed by atoms with Gasteiger partial charge in [-0.1, -0.05) is 0 Å². The fourth-order valence-electron chi connectivity index (χ4n) is 3.37. The number of nitrogens with one attached hydrogen (secondary N) is 1. The number of hydrazone groups is 1. The van der Waals surface area contributed by atoms with Crippen LogP contribution in [0.4, 0.5) is 0 Å². The third kappa shape index (κ3) is 3.75. The van der Waals surface area contributed by atoms with E-state index in [-0.39, 0.29) is 24.4 Å². The molecular weight excluding hydrogens is 388 g/mol. The fourth-order valence-corrected chi connectivity index (χ4v) is 4.19. The second-order valence-corrected chi connectivity index (χ2v) is 8.09. The quantitative estimate of drug-likeness (QED) is 0.702. The maximum absolute atomic E-state index is 13.2. The number of nitrogens with zero attached hydrogens (tertiary/aromatic N) is 3. The van der Waals surface area contributed by atoms with Gasteiger partial charge in [0.2, 0.25) is 5.91 Å². The van der Waals surface area contributed by atoms with Crippen molar-refractivity contribution in [1.29, 1.82) is 0 Å². The molecule has 0 saturated heterocycles. The van der Waals surface area contributed by atoms with Crippen molar-refractivity contribution in [1.82, 2.24) is 14.9 Å². The molecule has 0 spiro atoms. The zero-order valence-corrected chi connectivity index (χ0v) is 17.3. The number of methoxy groups -OCH3 is 1. The van der Waals surface area contributed by atoms with E-state index in [1.54, 1.807) is 18.4 Å². The van der Waals surface area contributed by atoms with Gasteiger partial charge in [-0.3, -0.25) is 9.59 Å². The molecule has 7 nitrogen and oxygen atoms in total. The maximum atomic E-state index is 13.2. The molecule has 29 heavy (non-hydrogen) atoms. The molecule has 8 heteroatoms. The minimum Gasteiger partial charge on any atom is -0.497 e. The summed E-state index contributed by atoms with van der Waals surface area (Å²) < 4.78 is 8.25. The number of thiophene rings is 1. The lowest BCUT2D eigenvalue weighted by molar-refractivity contribution is -0.122. The first kappa shape index (κ1) is 19.2. The molecule has 0 atom stereocenters. The summed E-state index contributed by atoms with van der Waals surface area (Å²) in [5.74, 6) is 0.220. The van der Waals surface area contributed by atoms with Crippen molar-refractivity contribution in [2.75, 3.05) is 13.7 Å². The van der Waals surface area contributed by atoms with Crippen molar-refractivity contribution in [3.8, 4) is 5.75 Å². The van der Waals surface area contributed by atoms with Gasteiger partial charge in [0.15, 0.2) is 0 Å². The minimum absolute atomic E-state index is 0.0104. The van der Waals surface area contributed by atoms with Crippen LogP contribution in [-0.4, -0.2) is 46.8 Å². The van der Waals surface area contributed by atoms with Crippen molar-refractivity contribution < 1.29 is 14.3 Å². The molecule has 2 aromatic heterocycles. The number of rotatable bonds is 5. The van der Waals surface area contributed by atoms with E-state index in [4.69, 9.17) is 4.74 Å². The third-order valence-corrected chi connectivity index (χ3v) is 5.54. The van der Waals surface area contributed by atoms with Gasteiger partial charge < -0.3 is 14.6 Å². The third-order valence-electron chi connectivity index (χ3n) is 4.69.